The molecule has 0 saturated heterocycles. The molecule has 0 aliphatic heterocycles. The highest BCUT2D eigenvalue weighted by atomic mass is 35.5. The second-order valence-corrected chi connectivity index (χ2v) is 6.57. The molecule has 19 heavy (non-hydrogen) atoms. The molecule has 0 saturated carbocycles. The standard InChI is InChI=1S/C9H2Cl7F3/c10-4-2(8(15)16)6(12)5(11)1(7(13)14)3(4)9(17,18)19/h7-8H. The van der Waals surface area contributed by atoms with Gasteiger partial charge in [-0.05, 0) is 0 Å². The first kappa shape index (κ1) is 18.1. The largest absolute Gasteiger partial charge is 0.418 e. The van der Waals surface area contributed by atoms with Gasteiger partial charge in [0.15, 0.2) is 0 Å². The van der Waals surface area contributed by atoms with Gasteiger partial charge in [0.1, 0.15) is 9.67 Å². The molecule has 0 N–H and O–H groups in total. The highest BCUT2D eigenvalue weighted by Gasteiger charge is 2.41. The number of alkyl halides is 7. The summed E-state index contributed by atoms with van der Waals surface area (Å²) >= 11 is 39.3. The maximum absolute atomic E-state index is 13.0. The van der Waals surface area contributed by atoms with Crippen LogP contribution in [0.3, 0.4) is 0 Å². The smallest absolute Gasteiger partial charge is 0.166 e. The van der Waals surface area contributed by atoms with Crippen LogP contribution in [0.4, 0.5) is 13.2 Å². The SMILES string of the molecule is FC(F)(F)c1c(Cl)c(C(Cl)Cl)c(Cl)c(Cl)c1C(Cl)Cl. The van der Waals surface area contributed by atoms with Gasteiger partial charge in [0, 0.05) is 11.1 Å². The van der Waals surface area contributed by atoms with E-state index >= 15 is 0 Å². The zero-order chi connectivity index (χ0) is 15.1. The van der Waals surface area contributed by atoms with Crippen molar-refractivity contribution in [2.45, 2.75) is 15.8 Å². The Balaban J connectivity index is 3.87. The minimum Gasteiger partial charge on any atom is -0.166 e. The molecule has 0 radical (unpaired) electrons. The van der Waals surface area contributed by atoms with Gasteiger partial charge in [-0.15, -0.1) is 0 Å². The summed E-state index contributed by atoms with van der Waals surface area (Å²) in [6.45, 7) is 0. The Kier molecular flexibility index (Phi) is 6.12. The van der Waals surface area contributed by atoms with E-state index in [0.717, 1.165) is 0 Å². The Morgan fingerprint density at radius 3 is 1.37 bits per heavy atom. The fourth-order valence-corrected chi connectivity index (χ4v) is 3.65. The third kappa shape index (κ3) is 3.63. The fourth-order valence-electron chi connectivity index (χ4n) is 1.37. The highest BCUT2D eigenvalue weighted by molar-refractivity contribution is 6.51. The third-order valence-electron chi connectivity index (χ3n) is 2.11. The van der Waals surface area contributed by atoms with E-state index in [0.29, 0.717) is 0 Å². The number of halogens is 10. The van der Waals surface area contributed by atoms with Gasteiger partial charge in [-0.1, -0.05) is 81.2 Å². The van der Waals surface area contributed by atoms with Crippen LogP contribution in [0.1, 0.15) is 26.4 Å². The van der Waals surface area contributed by atoms with E-state index in [-0.39, 0.29) is 10.6 Å². The molecule has 0 nitrogen and oxygen atoms in total. The van der Waals surface area contributed by atoms with E-state index in [1.165, 1.54) is 0 Å². The van der Waals surface area contributed by atoms with E-state index in [1.54, 1.807) is 0 Å². The lowest BCUT2D eigenvalue weighted by molar-refractivity contribution is -0.138. The predicted octanol–water partition coefficient (Wildman–Crippen LogP) is 7.62. The van der Waals surface area contributed by atoms with Crippen molar-refractivity contribution in [3.63, 3.8) is 0 Å². The van der Waals surface area contributed by atoms with Crippen LogP contribution in [0.5, 0.6) is 0 Å². The first-order chi connectivity index (χ1) is 8.50. The van der Waals surface area contributed by atoms with Crippen LogP contribution < -0.4 is 0 Å². The average molecular weight is 415 g/mol. The van der Waals surface area contributed by atoms with Gasteiger partial charge in [0.05, 0.1) is 20.6 Å². The molecule has 0 atom stereocenters. The lowest BCUT2D eigenvalue weighted by Gasteiger charge is -2.21. The maximum Gasteiger partial charge on any atom is 0.418 e. The van der Waals surface area contributed by atoms with Crippen LogP contribution in [-0.4, -0.2) is 0 Å². The summed E-state index contributed by atoms with van der Waals surface area (Å²) in [5.41, 5.74) is -2.29. The van der Waals surface area contributed by atoms with Crippen molar-refractivity contribution in [2.75, 3.05) is 0 Å². The highest BCUT2D eigenvalue weighted by Crippen LogP contribution is 2.52. The zero-order valence-electron chi connectivity index (χ0n) is 8.43. The molecule has 0 fully saturated rings. The van der Waals surface area contributed by atoms with Gasteiger partial charge < -0.3 is 0 Å². The van der Waals surface area contributed by atoms with Crippen molar-refractivity contribution < 1.29 is 13.2 Å². The lowest BCUT2D eigenvalue weighted by atomic mass is 10.0. The van der Waals surface area contributed by atoms with Gasteiger partial charge in [-0.3, -0.25) is 0 Å². The van der Waals surface area contributed by atoms with E-state index in [9.17, 15) is 13.2 Å². The molecule has 0 heterocycles. The molecule has 1 rings (SSSR count). The number of hydrogen-bond donors (Lipinski definition) is 0. The Labute approximate surface area is 141 Å². The molecule has 108 valence electrons. The Morgan fingerprint density at radius 1 is 0.684 bits per heavy atom. The van der Waals surface area contributed by atoms with Crippen molar-refractivity contribution in [2.24, 2.45) is 0 Å². The van der Waals surface area contributed by atoms with E-state index < -0.39 is 37.0 Å². The minimum atomic E-state index is -4.85. The van der Waals surface area contributed by atoms with E-state index in [2.05, 4.69) is 0 Å². The number of hydrogen-bond acceptors (Lipinski definition) is 0. The lowest BCUT2D eigenvalue weighted by Crippen LogP contribution is -2.13. The topological polar surface area (TPSA) is 0 Å². The molecular weight excluding hydrogens is 413 g/mol. The zero-order valence-corrected chi connectivity index (χ0v) is 13.7. The first-order valence-corrected chi connectivity index (χ1v) is 7.21. The van der Waals surface area contributed by atoms with Crippen molar-refractivity contribution in [1.82, 2.24) is 0 Å². The second-order valence-electron chi connectivity index (χ2n) is 3.24. The minimum absolute atomic E-state index is 0.323. The van der Waals surface area contributed by atoms with Gasteiger partial charge in [0.25, 0.3) is 0 Å². The number of rotatable bonds is 2. The molecule has 1 aromatic rings. The summed E-state index contributed by atoms with van der Waals surface area (Å²) < 4.78 is 39.1. The molecule has 0 bridgehead atoms. The average Bonchev–Trinajstić information content (AvgIpc) is 2.20. The number of benzene rings is 1. The van der Waals surface area contributed by atoms with Crippen LogP contribution >= 0.6 is 81.2 Å². The Hall–Kier alpha value is 1.04. The van der Waals surface area contributed by atoms with Crippen LogP contribution in [0, 0.1) is 0 Å². The quantitative estimate of drug-likeness (QED) is 0.344. The van der Waals surface area contributed by atoms with E-state index in [4.69, 9.17) is 81.2 Å². The van der Waals surface area contributed by atoms with Crippen LogP contribution in [0.25, 0.3) is 0 Å². The summed E-state index contributed by atoms with van der Waals surface area (Å²) in [5, 5.41) is -1.59. The molecule has 0 aliphatic carbocycles. The normalized spacial score (nSPS) is 12.6. The summed E-state index contributed by atoms with van der Waals surface area (Å²) in [5.74, 6) is 0. The molecular formula is C9H2Cl7F3. The van der Waals surface area contributed by atoms with Crippen LogP contribution in [-0.2, 0) is 6.18 Å². The van der Waals surface area contributed by atoms with Gasteiger partial charge >= 0.3 is 6.18 Å². The fraction of sp³-hybridized carbons (Fsp3) is 0.333. The molecule has 0 amide bonds. The summed E-state index contributed by atoms with van der Waals surface area (Å²) in [6, 6.07) is 0. The van der Waals surface area contributed by atoms with Crippen LogP contribution in [0.2, 0.25) is 15.1 Å². The van der Waals surface area contributed by atoms with Gasteiger partial charge in [-0.2, -0.15) is 13.2 Å². The maximum atomic E-state index is 13.0. The molecule has 0 unspecified atom stereocenters. The third-order valence-corrected chi connectivity index (χ3v) is 4.26. The first-order valence-electron chi connectivity index (χ1n) is 4.33. The van der Waals surface area contributed by atoms with Crippen LogP contribution in [0.15, 0.2) is 0 Å². The predicted molar refractivity (Wildman–Crippen MR) is 75.4 cm³/mol. The monoisotopic (exact) mass is 412 g/mol. The summed E-state index contributed by atoms with van der Waals surface area (Å²) in [4.78, 5) is -2.96. The molecule has 0 spiro atoms. The molecule has 1 aromatic carbocycles. The van der Waals surface area contributed by atoms with Crippen molar-refractivity contribution in [1.29, 1.82) is 0 Å². The van der Waals surface area contributed by atoms with Gasteiger partial charge in [0.2, 0.25) is 0 Å². The molecule has 10 heteroatoms. The van der Waals surface area contributed by atoms with E-state index in [1.807, 2.05) is 0 Å². The second kappa shape index (κ2) is 6.43. The summed E-state index contributed by atoms with van der Waals surface area (Å²) in [6.07, 6.45) is -4.85. The Bertz CT molecular complexity index is 496. The van der Waals surface area contributed by atoms with Gasteiger partial charge in [-0.25, -0.2) is 0 Å². The Morgan fingerprint density at radius 2 is 1.05 bits per heavy atom. The van der Waals surface area contributed by atoms with Crippen molar-refractivity contribution in [3.8, 4) is 0 Å². The molecule has 0 aliphatic rings. The van der Waals surface area contributed by atoms with Crippen molar-refractivity contribution in [3.05, 3.63) is 31.8 Å². The van der Waals surface area contributed by atoms with Crippen molar-refractivity contribution >= 4 is 81.2 Å². The summed E-state index contributed by atoms with van der Waals surface area (Å²) in [7, 11) is 0. The molecule has 0 aromatic heterocycles.